The molecule has 0 unspecified atom stereocenters. The van der Waals surface area contributed by atoms with Gasteiger partial charge in [0.05, 0.1) is 11.5 Å². The molecule has 2 N–H and O–H groups in total. The van der Waals surface area contributed by atoms with E-state index < -0.39 is 20.0 Å². The number of hydrogen-bond donors (Lipinski definition) is 2. The minimum Gasteiger partial charge on any atom is -0.319 e. The molecule has 1 heterocycles. The maximum atomic E-state index is 12.1. The topological polar surface area (TPSA) is 95.6 Å². The molecule has 0 aromatic carbocycles. The molecule has 0 aromatic heterocycles. The van der Waals surface area contributed by atoms with Gasteiger partial charge in [-0.3, -0.25) is 0 Å². The first-order valence-electron chi connectivity index (χ1n) is 6.90. The first-order chi connectivity index (χ1) is 9.30. The van der Waals surface area contributed by atoms with E-state index in [2.05, 4.69) is 10.0 Å². The van der Waals surface area contributed by atoms with Gasteiger partial charge < -0.3 is 5.32 Å². The molecule has 1 fully saturated rings. The third-order valence-corrected chi connectivity index (χ3v) is 6.80. The van der Waals surface area contributed by atoms with Gasteiger partial charge in [0.1, 0.15) is 0 Å². The lowest BCUT2D eigenvalue weighted by atomic mass is 9.98. The van der Waals surface area contributed by atoms with E-state index in [-0.39, 0.29) is 18.1 Å². The maximum Gasteiger partial charge on any atom is 0.215 e. The van der Waals surface area contributed by atoms with Crippen molar-refractivity contribution in [2.24, 2.45) is 5.92 Å². The summed E-state index contributed by atoms with van der Waals surface area (Å²) in [4.78, 5) is 0. The van der Waals surface area contributed by atoms with Gasteiger partial charge in [0, 0.05) is 19.6 Å². The standard InChI is InChI=1S/C11H25N3O4S2/c1-3-19(15,16)13-6-9-20(17,18)14-7-4-11(5-8-14)10-12-2/h11-13H,3-10H2,1-2H3. The highest BCUT2D eigenvalue weighted by Crippen LogP contribution is 2.18. The van der Waals surface area contributed by atoms with Crippen molar-refractivity contribution in [1.29, 1.82) is 0 Å². The van der Waals surface area contributed by atoms with Crippen molar-refractivity contribution in [3.05, 3.63) is 0 Å². The van der Waals surface area contributed by atoms with Crippen LogP contribution in [-0.2, 0) is 20.0 Å². The Bertz CT molecular complexity index is 482. The first-order valence-corrected chi connectivity index (χ1v) is 10.2. The van der Waals surface area contributed by atoms with Gasteiger partial charge in [0.25, 0.3) is 0 Å². The lowest BCUT2D eigenvalue weighted by Gasteiger charge is -2.31. The van der Waals surface area contributed by atoms with E-state index in [4.69, 9.17) is 0 Å². The Morgan fingerprint density at radius 3 is 2.25 bits per heavy atom. The number of nitrogens with zero attached hydrogens (tertiary/aromatic N) is 1. The predicted molar refractivity (Wildman–Crippen MR) is 79.5 cm³/mol. The highest BCUT2D eigenvalue weighted by atomic mass is 32.2. The van der Waals surface area contributed by atoms with Crippen molar-refractivity contribution >= 4 is 20.0 Å². The van der Waals surface area contributed by atoms with Gasteiger partial charge in [0.2, 0.25) is 20.0 Å². The molecular weight excluding hydrogens is 302 g/mol. The lowest BCUT2D eigenvalue weighted by Crippen LogP contribution is -2.43. The molecule has 20 heavy (non-hydrogen) atoms. The van der Waals surface area contributed by atoms with E-state index >= 15 is 0 Å². The van der Waals surface area contributed by atoms with Crippen molar-refractivity contribution in [1.82, 2.24) is 14.3 Å². The molecule has 9 heteroatoms. The molecule has 0 saturated carbocycles. The van der Waals surface area contributed by atoms with Crippen LogP contribution in [0.3, 0.4) is 0 Å². The SMILES string of the molecule is CCS(=O)(=O)NCCS(=O)(=O)N1CCC(CNC)CC1. The molecule has 0 aliphatic carbocycles. The Labute approximate surface area is 122 Å². The Morgan fingerprint density at radius 2 is 1.75 bits per heavy atom. The van der Waals surface area contributed by atoms with E-state index in [1.165, 1.54) is 11.2 Å². The van der Waals surface area contributed by atoms with E-state index in [0.29, 0.717) is 19.0 Å². The normalized spacial score (nSPS) is 19.3. The zero-order valence-corrected chi connectivity index (χ0v) is 13.8. The molecule has 0 amide bonds. The van der Waals surface area contributed by atoms with Gasteiger partial charge in [-0.05, 0) is 39.3 Å². The molecule has 1 aliphatic rings. The molecule has 0 spiro atoms. The minimum absolute atomic E-state index is 0.0392. The van der Waals surface area contributed by atoms with E-state index in [0.717, 1.165) is 19.4 Å². The second-order valence-corrected chi connectivity index (χ2v) is 9.20. The van der Waals surface area contributed by atoms with Gasteiger partial charge in [0.15, 0.2) is 0 Å². The van der Waals surface area contributed by atoms with Crippen molar-refractivity contribution in [3.63, 3.8) is 0 Å². The fourth-order valence-electron chi connectivity index (χ4n) is 2.24. The average Bonchev–Trinajstić information content (AvgIpc) is 2.39. The van der Waals surface area contributed by atoms with Crippen LogP contribution in [0.1, 0.15) is 19.8 Å². The smallest absolute Gasteiger partial charge is 0.215 e. The maximum absolute atomic E-state index is 12.1. The molecule has 0 aromatic rings. The molecule has 1 rings (SSSR count). The average molecular weight is 327 g/mol. The molecule has 120 valence electrons. The molecule has 7 nitrogen and oxygen atoms in total. The molecule has 0 bridgehead atoms. The second-order valence-electron chi connectivity index (χ2n) is 5.01. The van der Waals surface area contributed by atoms with Crippen molar-refractivity contribution in [3.8, 4) is 0 Å². The summed E-state index contributed by atoms with van der Waals surface area (Å²) >= 11 is 0. The summed E-state index contributed by atoms with van der Waals surface area (Å²) in [6, 6.07) is 0. The van der Waals surface area contributed by atoms with Crippen LogP contribution in [-0.4, -0.2) is 65.9 Å². The van der Waals surface area contributed by atoms with Crippen LogP contribution >= 0.6 is 0 Å². The van der Waals surface area contributed by atoms with Crippen LogP contribution in [0.4, 0.5) is 0 Å². The van der Waals surface area contributed by atoms with Crippen molar-refractivity contribution in [2.45, 2.75) is 19.8 Å². The summed E-state index contributed by atoms with van der Waals surface area (Å²) in [5.41, 5.74) is 0. The fraction of sp³-hybridized carbons (Fsp3) is 1.00. The number of sulfonamides is 2. The lowest BCUT2D eigenvalue weighted by molar-refractivity contribution is 0.271. The molecule has 1 aliphatic heterocycles. The van der Waals surface area contributed by atoms with Crippen LogP contribution in [0, 0.1) is 5.92 Å². The third-order valence-electron chi connectivity index (χ3n) is 3.52. The van der Waals surface area contributed by atoms with Gasteiger partial charge in [-0.15, -0.1) is 0 Å². The number of rotatable bonds is 8. The van der Waals surface area contributed by atoms with Crippen LogP contribution in [0.25, 0.3) is 0 Å². The minimum atomic E-state index is -3.37. The Hall–Kier alpha value is -0.220. The number of nitrogens with one attached hydrogen (secondary N) is 2. The van der Waals surface area contributed by atoms with Gasteiger partial charge in [-0.1, -0.05) is 0 Å². The van der Waals surface area contributed by atoms with E-state index in [1.807, 2.05) is 7.05 Å². The summed E-state index contributed by atoms with van der Waals surface area (Å²) in [5, 5.41) is 3.10. The highest BCUT2D eigenvalue weighted by Gasteiger charge is 2.27. The highest BCUT2D eigenvalue weighted by molar-refractivity contribution is 7.90. The monoisotopic (exact) mass is 327 g/mol. The van der Waals surface area contributed by atoms with Crippen LogP contribution < -0.4 is 10.0 Å². The molecular formula is C11H25N3O4S2. The fourth-order valence-corrected chi connectivity index (χ4v) is 4.37. The zero-order chi connectivity index (χ0) is 15.2. The first kappa shape index (κ1) is 17.8. The van der Waals surface area contributed by atoms with Crippen LogP contribution in [0.2, 0.25) is 0 Å². The summed E-state index contributed by atoms with van der Waals surface area (Å²) in [6.07, 6.45) is 1.70. The quantitative estimate of drug-likeness (QED) is 0.608. The predicted octanol–water partition coefficient (Wildman–Crippen LogP) is -0.813. The Morgan fingerprint density at radius 1 is 1.15 bits per heavy atom. The van der Waals surface area contributed by atoms with Gasteiger partial charge in [-0.25, -0.2) is 25.9 Å². The second kappa shape index (κ2) is 7.69. The van der Waals surface area contributed by atoms with Gasteiger partial charge >= 0.3 is 0 Å². The van der Waals surface area contributed by atoms with Crippen molar-refractivity contribution in [2.75, 3.05) is 44.7 Å². The molecule has 1 saturated heterocycles. The van der Waals surface area contributed by atoms with Crippen LogP contribution in [0.15, 0.2) is 0 Å². The number of piperidine rings is 1. The Balaban J connectivity index is 2.42. The van der Waals surface area contributed by atoms with Crippen LogP contribution in [0.5, 0.6) is 0 Å². The summed E-state index contributed by atoms with van der Waals surface area (Å²) in [7, 11) is -4.80. The Kier molecular flexibility index (Phi) is 6.86. The summed E-state index contributed by atoms with van der Waals surface area (Å²) < 4.78 is 50.5. The zero-order valence-electron chi connectivity index (χ0n) is 12.1. The molecule has 0 radical (unpaired) electrons. The third kappa shape index (κ3) is 5.65. The van der Waals surface area contributed by atoms with Gasteiger partial charge in [-0.2, -0.15) is 0 Å². The van der Waals surface area contributed by atoms with E-state index in [9.17, 15) is 16.8 Å². The summed E-state index contributed by atoms with van der Waals surface area (Å²) in [5.74, 6) is 0.302. The largest absolute Gasteiger partial charge is 0.319 e. The summed E-state index contributed by atoms with van der Waals surface area (Å²) in [6.45, 7) is 3.41. The van der Waals surface area contributed by atoms with Crippen molar-refractivity contribution < 1.29 is 16.8 Å². The van der Waals surface area contributed by atoms with E-state index in [1.54, 1.807) is 0 Å². The number of hydrogen-bond acceptors (Lipinski definition) is 5. The molecule has 0 atom stereocenters.